The number of hydrogen-bond donors (Lipinski definition) is 0. The lowest BCUT2D eigenvalue weighted by Crippen LogP contribution is -2.44. The highest BCUT2D eigenvalue weighted by atomic mass is 31.2. The van der Waals surface area contributed by atoms with Crippen molar-refractivity contribution in [1.82, 2.24) is 0 Å². The van der Waals surface area contributed by atoms with Crippen LogP contribution in [0.3, 0.4) is 0 Å². The molecule has 2 rings (SSSR count). The summed E-state index contributed by atoms with van der Waals surface area (Å²) in [6, 6.07) is 0. The third-order valence-corrected chi connectivity index (χ3v) is 7.05. The van der Waals surface area contributed by atoms with E-state index >= 15 is 0 Å². The summed E-state index contributed by atoms with van der Waals surface area (Å²) in [5.74, 6) is 1.25. The van der Waals surface area contributed by atoms with Crippen molar-refractivity contribution in [2.24, 2.45) is 17.8 Å². The number of fused-ring (bicyclic) bond motifs is 1. The van der Waals surface area contributed by atoms with Crippen LogP contribution in [0.4, 0.5) is 0 Å². The Morgan fingerprint density at radius 1 is 1.29 bits per heavy atom. The fourth-order valence-corrected chi connectivity index (χ4v) is 5.65. The molecule has 21 heavy (non-hydrogen) atoms. The Kier molecular flexibility index (Phi) is 5.23. The van der Waals surface area contributed by atoms with Crippen LogP contribution in [0.5, 0.6) is 0 Å². The SMILES string of the molecule is CCOP(=O)(OCC)C1=COC(C)(C)[C@@H]2CC[C@@H](C)C[C@@H]12. The average molecular weight is 316 g/mol. The van der Waals surface area contributed by atoms with Gasteiger partial charge in [0, 0.05) is 11.8 Å². The van der Waals surface area contributed by atoms with Crippen molar-refractivity contribution in [2.45, 2.75) is 59.5 Å². The maximum Gasteiger partial charge on any atom is 0.360 e. The van der Waals surface area contributed by atoms with Crippen LogP contribution in [-0.4, -0.2) is 18.8 Å². The van der Waals surface area contributed by atoms with Crippen LogP contribution in [0.15, 0.2) is 11.6 Å². The molecule has 3 atom stereocenters. The molecule has 0 bridgehead atoms. The Morgan fingerprint density at radius 3 is 2.48 bits per heavy atom. The molecule has 1 heterocycles. The summed E-state index contributed by atoms with van der Waals surface area (Å²) < 4.78 is 30.2. The number of rotatable bonds is 5. The first-order valence-corrected chi connectivity index (χ1v) is 9.66. The highest BCUT2D eigenvalue weighted by Crippen LogP contribution is 2.64. The predicted molar refractivity (Wildman–Crippen MR) is 84.1 cm³/mol. The second-order valence-corrected chi connectivity index (χ2v) is 8.76. The Balaban J connectivity index is 2.36. The van der Waals surface area contributed by atoms with Gasteiger partial charge < -0.3 is 13.8 Å². The van der Waals surface area contributed by atoms with Crippen LogP contribution < -0.4 is 0 Å². The quantitative estimate of drug-likeness (QED) is 0.673. The van der Waals surface area contributed by atoms with Gasteiger partial charge in [0.2, 0.25) is 0 Å². The maximum absolute atomic E-state index is 13.1. The molecule has 5 heteroatoms. The molecular weight excluding hydrogens is 287 g/mol. The maximum atomic E-state index is 13.1. The molecule has 0 spiro atoms. The van der Waals surface area contributed by atoms with Crippen molar-refractivity contribution in [1.29, 1.82) is 0 Å². The van der Waals surface area contributed by atoms with E-state index in [0.29, 0.717) is 25.0 Å². The minimum atomic E-state index is -3.23. The van der Waals surface area contributed by atoms with Crippen molar-refractivity contribution in [3.05, 3.63) is 11.6 Å². The number of allylic oxidation sites excluding steroid dienone is 1. The normalized spacial score (nSPS) is 32.0. The van der Waals surface area contributed by atoms with Crippen LogP contribution in [0.25, 0.3) is 0 Å². The second kappa shape index (κ2) is 6.44. The van der Waals surface area contributed by atoms with Crippen LogP contribution in [0, 0.1) is 17.8 Å². The Hall–Kier alpha value is -0.310. The molecule has 122 valence electrons. The Labute approximate surface area is 128 Å². The molecule has 0 saturated heterocycles. The van der Waals surface area contributed by atoms with Gasteiger partial charge in [0.1, 0.15) is 5.60 Å². The van der Waals surface area contributed by atoms with Gasteiger partial charge in [-0.1, -0.05) is 13.3 Å². The van der Waals surface area contributed by atoms with E-state index in [2.05, 4.69) is 20.8 Å². The van der Waals surface area contributed by atoms with Crippen LogP contribution in [0.2, 0.25) is 0 Å². The summed E-state index contributed by atoms with van der Waals surface area (Å²) in [6.45, 7) is 11.0. The van der Waals surface area contributed by atoms with Crippen molar-refractivity contribution < 1.29 is 18.3 Å². The number of ether oxygens (including phenoxy) is 1. The highest BCUT2D eigenvalue weighted by molar-refractivity contribution is 7.58. The molecule has 1 fully saturated rings. The van der Waals surface area contributed by atoms with Gasteiger partial charge in [0.15, 0.2) is 0 Å². The number of hydrogen-bond acceptors (Lipinski definition) is 4. The van der Waals surface area contributed by atoms with E-state index in [9.17, 15) is 4.57 Å². The van der Waals surface area contributed by atoms with Crippen molar-refractivity contribution in [3.63, 3.8) is 0 Å². The van der Waals surface area contributed by atoms with E-state index < -0.39 is 7.60 Å². The molecule has 0 N–H and O–H groups in total. The molecule has 2 aliphatic rings. The van der Waals surface area contributed by atoms with Gasteiger partial charge in [-0.25, -0.2) is 0 Å². The van der Waals surface area contributed by atoms with Gasteiger partial charge in [-0.3, -0.25) is 4.57 Å². The monoisotopic (exact) mass is 316 g/mol. The largest absolute Gasteiger partial charge is 0.495 e. The molecule has 0 aromatic rings. The summed E-state index contributed by atoms with van der Waals surface area (Å²) in [5, 5.41) is 0.752. The van der Waals surface area contributed by atoms with E-state index in [-0.39, 0.29) is 11.5 Å². The second-order valence-electron chi connectivity index (χ2n) is 6.73. The molecule has 1 aliphatic heterocycles. The lowest BCUT2D eigenvalue weighted by Gasteiger charge is -2.48. The van der Waals surface area contributed by atoms with Crippen molar-refractivity contribution in [3.8, 4) is 0 Å². The predicted octanol–water partition coefficient (Wildman–Crippen LogP) is 4.96. The van der Waals surface area contributed by atoms with Crippen LogP contribution >= 0.6 is 7.60 Å². The Bertz CT molecular complexity index is 434. The standard InChI is InChI=1S/C16H29O4P/c1-6-19-21(17,20-7-2)15-11-18-16(4,5)14-9-8-12(3)10-13(14)15/h11-14H,6-10H2,1-5H3/t12-,13-,14-/m1/s1. The molecule has 1 aliphatic carbocycles. The topological polar surface area (TPSA) is 44.8 Å². The lowest BCUT2D eigenvalue weighted by atomic mass is 9.67. The third-order valence-electron chi connectivity index (χ3n) is 4.78. The molecule has 0 aromatic heterocycles. The lowest BCUT2D eigenvalue weighted by molar-refractivity contribution is -0.0553. The molecule has 0 aromatic carbocycles. The first kappa shape index (κ1) is 17.1. The van der Waals surface area contributed by atoms with Gasteiger partial charge >= 0.3 is 7.60 Å². The van der Waals surface area contributed by atoms with E-state index in [1.165, 1.54) is 6.42 Å². The van der Waals surface area contributed by atoms with E-state index in [1.807, 2.05) is 13.8 Å². The zero-order valence-corrected chi connectivity index (χ0v) is 14.8. The van der Waals surface area contributed by atoms with E-state index in [1.54, 1.807) is 6.26 Å². The average Bonchev–Trinajstić information content (AvgIpc) is 2.38. The van der Waals surface area contributed by atoms with E-state index in [4.69, 9.17) is 13.8 Å². The summed E-state index contributed by atoms with van der Waals surface area (Å²) in [7, 11) is -3.23. The van der Waals surface area contributed by atoms with Crippen LogP contribution in [-0.2, 0) is 18.3 Å². The zero-order chi connectivity index (χ0) is 15.7. The minimum Gasteiger partial charge on any atom is -0.495 e. The van der Waals surface area contributed by atoms with Gasteiger partial charge in [0.05, 0.1) is 24.8 Å². The summed E-state index contributed by atoms with van der Waals surface area (Å²) in [5.41, 5.74) is -0.211. The smallest absolute Gasteiger partial charge is 0.360 e. The van der Waals surface area contributed by atoms with Crippen molar-refractivity contribution in [2.75, 3.05) is 13.2 Å². The first-order chi connectivity index (χ1) is 9.84. The summed E-state index contributed by atoms with van der Waals surface area (Å²) in [6.07, 6.45) is 5.02. The van der Waals surface area contributed by atoms with Gasteiger partial charge in [-0.2, -0.15) is 0 Å². The fraction of sp³-hybridized carbons (Fsp3) is 0.875. The molecule has 0 amide bonds. The first-order valence-electron chi connectivity index (χ1n) is 8.11. The summed E-state index contributed by atoms with van der Waals surface area (Å²) in [4.78, 5) is 0. The van der Waals surface area contributed by atoms with Crippen LogP contribution in [0.1, 0.15) is 53.9 Å². The van der Waals surface area contributed by atoms with E-state index in [0.717, 1.165) is 18.2 Å². The molecular formula is C16H29O4P. The van der Waals surface area contributed by atoms with Gasteiger partial charge in [-0.05, 0) is 46.5 Å². The highest BCUT2D eigenvalue weighted by Gasteiger charge is 2.50. The Morgan fingerprint density at radius 2 is 1.90 bits per heavy atom. The zero-order valence-electron chi connectivity index (χ0n) is 13.9. The minimum absolute atomic E-state index is 0.211. The molecule has 0 radical (unpaired) electrons. The fourth-order valence-electron chi connectivity index (χ4n) is 3.72. The molecule has 0 unspecified atom stereocenters. The summed E-state index contributed by atoms with van der Waals surface area (Å²) >= 11 is 0. The van der Waals surface area contributed by atoms with Crippen molar-refractivity contribution >= 4 is 7.60 Å². The van der Waals surface area contributed by atoms with Gasteiger partial charge in [0.25, 0.3) is 0 Å². The van der Waals surface area contributed by atoms with Gasteiger partial charge in [-0.15, -0.1) is 0 Å². The third kappa shape index (κ3) is 3.38. The molecule has 1 saturated carbocycles. The molecule has 4 nitrogen and oxygen atoms in total.